The Hall–Kier alpha value is -4.27. The average Bonchev–Trinajstić information content (AvgIpc) is 3.09. The summed E-state index contributed by atoms with van der Waals surface area (Å²) in [5.41, 5.74) is 3.14. The van der Waals surface area contributed by atoms with E-state index >= 15 is 0 Å². The van der Waals surface area contributed by atoms with Crippen molar-refractivity contribution < 1.29 is 14.5 Å². The molecule has 2 aromatic carbocycles. The van der Waals surface area contributed by atoms with Crippen LogP contribution in [0.1, 0.15) is 5.69 Å². The molecule has 4 aromatic rings. The third-order valence-corrected chi connectivity index (χ3v) is 4.86. The maximum atomic E-state index is 12.7. The van der Waals surface area contributed by atoms with Crippen LogP contribution in [0.2, 0.25) is 0 Å². The Kier molecular flexibility index (Phi) is 5.31. The Morgan fingerprint density at radius 2 is 1.97 bits per heavy atom. The minimum absolute atomic E-state index is 0.0851. The lowest BCUT2D eigenvalue weighted by molar-refractivity contribution is -0.384. The van der Waals surface area contributed by atoms with Crippen molar-refractivity contribution in [3.05, 3.63) is 76.6 Å². The van der Waals surface area contributed by atoms with Crippen LogP contribution in [0.3, 0.4) is 0 Å². The molecule has 2 aromatic heterocycles. The number of nitro benzene ring substituents is 1. The van der Waals surface area contributed by atoms with Crippen LogP contribution in [-0.4, -0.2) is 32.7 Å². The van der Waals surface area contributed by atoms with Gasteiger partial charge in [0.25, 0.3) is 5.69 Å². The summed E-state index contributed by atoms with van der Waals surface area (Å²) < 4.78 is 6.52. The average molecular weight is 417 g/mol. The van der Waals surface area contributed by atoms with Gasteiger partial charge in [-0.3, -0.25) is 14.9 Å². The van der Waals surface area contributed by atoms with Crippen molar-refractivity contribution in [3.63, 3.8) is 0 Å². The zero-order chi connectivity index (χ0) is 22.0. The highest BCUT2D eigenvalue weighted by Gasteiger charge is 2.19. The van der Waals surface area contributed by atoms with Crippen molar-refractivity contribution in [1.29, 1.82) is 0 Å². The van der Waals surface area contributed by atoms with Crippen molar-refractivity contribution in [2.24, 2.45) is 0 Å². The topological polar surface area (TPSA) is 112 Å². The van der Waals surface area contributed by atoms with Gasteiger partial charge in [-0.05, 0) is 36.2 Å². The lowest BCUT2D eigenvalue weighted by Gasteiger charge is -2.08. The molecular weight excluding hydrogens is 398 g/mol. The Balaban J connectivity index is 1.64. The number of ether oxygens (including phenoxy) is 1. The standard InChI is InChI=1S/C22H19N5O4/c1-14-21-17(15-6-4-3-5-7-15)10-11-23-22(21)26(25-14)13-20(28)24-18-9-8-16(31-2)12-19(18)27(29)30/h3-12H,13H2,1-2H3,(H,24,28). The first kappa shape index (κ1) is 20.0. The summed E-state index contributed by atoms with van der Waals surface area (Å²) in [7, 11) is 1.42. The summed E-state index contributed by atoms with van der Waals surface area (Å²) in [4.78, 5) is 27.9. The lowest BCUT2D eigenvalue weighted by Crippen LogP contribution is -2.20. The Morgan fingerprint density at radius 1 is 1.19 bits per heavy atom. The molecule has 0 saturated heterocycles. The first-order valence-corrected chi connectivity index (χ1v) is 9.47. The molecule has 9 heteroatoms. The van der Waals surface area contributed by atoms with Gasteiger partial charge in [0.05, 0.1) is 23.8 Å². The quantitative estimate of drug-likeness (QED) is 0.375. The number of aromatic nitrogens is 3. The number of pyridine rings is 1. The van der Waals surface area contributed by atoms with Gasteiger partial charge in [-0.2, -0.15) is 5.10 Å². The Labute approximate surface area is 177 Å². The molecule has 0 spiro atoms. The molecule has 0 aliphatic rings. The summed E-state index contributed by atoms with van der Waals surface area (Å²) >= 11 is 0. The number of fused-ring (bicyclic) bond motifs is 1. The molecule has 0 atom stereocenters. The van der Waals surface area contributed by atoms with Crippen molar-refractivity contribution >= 4 is 28.3 Å². The zero-order valence-electron chi connectivity index (χ0n) is 16.9. The smallest absolute Gasteiger partial charge is 0.296 e. The van der Waals surface area contributed by atoms with Gasteiger partial charge in [0.2, 0.25) is 5.91 Å². The van der Waals surface area contributed by atoms with Crippen molar-refractivity contribution in [2.75, 3.05) is 12.4 Å². The van der Waals surface area contributed by atoms with Crippen LogP contribution in [0.25, 0.3) is 22.2 Å². The number of carbonyl (C=O) groups is 1. The van der Waals surface area contributed by atoms with E-state index in [0.717, 1.165) is 22.2 Å². The highest BCUT2D eigenvalue weighted by Crippen LogP contribution is 2.31. The fraction of sp³-hybridized carbons (Fsp3) is 0.136. The molecule has 0 saturated carbocycles. The minimum Gasteiger partial charge on any atom is -0.496 e. The van der Waals surface area contributed by atoms with Crippen LogP contribution in [0.5, 0.6) is 5.75 Å². The molecule has 31 heavy (non-hydrogen) atoms. The molecule has 0 bridgehead atoms. The van der Waals surface area contributed by atoms with E-state index in [1.165, 1.54) is 23.9 Å². The van der Waals surface area contributed by atoms with E-state index in [0.29, 0.717) is 11.4 Å². The van der Waals surface area contributed by atoms with Crippen LogP contribution in [0.4, 0.5) is 11.4 Å². The molecule has 0 fully saturated rings. The van der Waals surface area contributed by atoms with Crippen molar-refractivity contribution in [3.8, 4) is 16.9 Å². The van der Waals surface area contributed by atoms with Crippen LogP contribution in [-0.2, 0) is 11.3 Å². The molecule has 0 aliphatic heterocycles. The number of hydrogen-bond acceptors (Lipinski definition) is 6. The lowest BCUT2D eigenvalue weighted by atomic mass is 10.0. The van der Waals surface area contributed by atoms with E-state index < -0.39 is 10.8 Å². The monoisotopic (exact) mass is 417 g/mol. The molecule has 4 rings (SSSR count). The van der Waals surface area contributed by atoms with Gasteiger partial charge in [-0.25, -0.2) is 9.67 Å². The van der Waals surface area contributed by atoms with E-state index in [4.69, 9.17) is 4.74 Å². The Morgan fingerprint density at radius 3 is 2.68 bits per heavy atom. The van der Waals surface area contributed by atoms with Gasteiger partial charge >= 0.3 is 0 Å². The molecule has 2 heterocycles. The van der Waals surface area contributed by atoms with Crippen molar-refractivity contribution in [2.45, 2.75) is 13.5 Å². The van der Waals surface area contributed by atoms with Gasteiger partial charge in [-0.1, -0.05) is 30.3 Å². The summed E-state index contributed by atoms with van der Waals surface area (Å²) in [6.07, 6.45) is 1.68. The summed E-state index contributed by atoms with van der Waals surface area (Å²) in [6, 6.07) is 16.0. The molecule has 0 aliphatic carbocycles. The first-order chi connectivity index (χ1) is 15.0. The number of nitrogens with one attached hydrogen (secondary N) is 1. The van der Waals surface area contributed by atoms with E-state index in [2.05, 4.69) is 15.4 Å². The van der Waals surface area contributed by atoms with Gasteiger partial charge < -0.3 is 10.1 Å². The molecule has 1 N–H and O–H groups in total. The van der Waals surface area contributed by atoms with Gasteiger partial charge in [0.1, 0.15) is 18.0 Å². The second-order valence-corrected chi connectivity index (χ2v) is 6.85. The second kappa shape index (κ2) is 8.23. The number of nitro groups is 1. The minimum atomic E-state index is -0.570. The zero-order valence-corrected chi connectivity index (χ0v) is 16.9. The predicted octanol–water partition coefficient (Wildman–Crippen LogP) is 3.96. The SMILES string of the molecule is COc1ccc(NC(=O)Cn2nc(C)c3c(-c4ccccc4)ccnc32)c([N+](=O)[O-])c1. The molecule has 156 valence electrons. The number of nitrogens with zero attached hydrogens (tertiary/aromatic N) is 4. The number of anilines is 1. The molecular formula is C22H19N5O4. The summed E-state index contributed by atoms with van der Waals surface area (Å²) in [5, 5.41) is 19.3. The molecule has 9 nitrogen and oxygen atoms in total. The van der Waals surface area contributed by atoms with E-state index in [9.17, 15) is 14.9 Å². The van der Waals surface area contributed by atoms with Crippen LogP contribution in [0.15, 0.2) is 60.8 Å². The fourth-order valence-electron chi connectivity index (χ4n) is 3.47. The highest BCUT2D eigenvalue weighted by molar-refractivity contribution is 5.97. The molecule has 0 unspecified atom stereocenters. The number of methoxy groups -OCH3 is 1. The fourth-order valence-corrected chi connectivity index (χ4v) is 3.47. The normalized spacial score (nSPS) is 10.8. The molecule has 0 radical (unpaired) electrons. The van der Waals surface area contributed by atoms with Crippen molar-refractivity contribution in [1.82, 2.24) is 14.8 Å². The van der Waals surface area contributed by atoms with Gasteiger partial charge in [0.15, 0.2) is 5.65 Å². The molecule has 1 amide bonds. The van der Waals surface area contributed by atoms with E-state index in [1.54, 1.807) is 12.3 Å². The highest BCUT2D eigenvalue weighted by atomic mass is 16.6. The van der Waals surface area contributed by atoms with Gasteiger partial charge in [0, 0.05) is 11.6 Å². The maximum absolute atomic E-state index is 12.7. The number of amides is 1. The third-order valence-electron chi connectivity index (χ3n) is 4.86. The number of carbonyl (C=O) groups excluding carboxylic acids is 1. The van der Waals surface area contributed by atoms with E-state index in [-0.39, 0.29) is 17.9 Å². The number of hydrogen-bond donors (Lipinski definition) is 1. The Bertz CT molecular complexity index is 1280. The predicted molar refractivity (Wildman–Crippen MR) is 116 cm³/mol. The third kappa shape index (κ3) is 3.93. The maximum Gasteiger partial charge on any atom is 0.296 e. The number of rotatable bonds is 6. The summed E-state index contributed by atoms with van der Waals surface area (Å²) in [5.74, 6) is -0.124. The van der Waals surface area contributed by atoms with Crippen LogP contribution >= 0.6 is 0 Å². The first-order valence-electron chi connectivity index (χ1n) is 9.47. The number of benzene rings is 2. The number of aryl methyl sites for hydroxylation is 1. The second-order valence-electron chi connectivity index (χ2n) is 6.85. The van der Waals surface area contributed by atoms with Crippen LogP contribution < -0.4 is 10.1 Å². The van der Waals surface area contributed by atoms with Gasteiger partial charge in [-0.15, -0.1) is 0 Å². The van der Waals surface area contributed by atoms with Crippen LogP contribution in [0, 0.1) is 17.0 Å². The summed E-state index contributed by atoms with van der Waals surface area (Å²) in [6.45, 7) is 1.72. The van der Waals surface area contributed by atoms with E-state index in [1.807, 2.05) is 43.3 Å². The largest absolute Gasteiger partial charge is 0.496 e.